The normalized spacial score (nSPS) is 24.8. The zero-order valence-electron chi connectivity index (χ0n) is 19.1. The summed E-state index contributed by atoms with van der Waals surface area (Å²) in [6.07, 6.45) is 2.75. The molecular weight excluding hydrogens is 408 g/mol. The van der Waals surface area contributed by atoms with Crippen LogP contribution in [-0.4, -0.2) is 71.9 Å². The van der Waals surface area contributed by atoms with Crippen LogP contribution in [0.3, 0.4) is 0 Å². The Bertz CT molecular complexity index is 1080. The van der Waals surface area contributed by atoms with Crippen molar-refractivity contribution in [2.75, 3.05) is 39.1 Å². The predicted octanol–water partition coefficient (Wildman–Crippen LogP) is 2.13. The van der Waals surface area contributed by atoms with Crippen LogP contribution in [0.4, 0.5) is 5.69 Å². The molecule has 172 valence electrons. The molecule has 1 aliphatic carbocycles. The molecule has 0 radical (unpaired) electrons. The highest BCUT2D eigenvalue weighted by Gasteiger charge is 2.53. The summed E-state index contributed by atoms with van der Waals surface area (Å²) in [6.45, 7) is 3.75. The molecule has 0 spiro atoms. The van der Waals surface area contributed by atoms with Gasteiger partial charge >= 0.3 is 5.97 Å². The van der Waals surface area contributed by atoms with Gasteiger partial charge in [-0.1, -0.05) is 19.1 Å². The largest absolute Gasteiger partial charge is 0.506 e. The number of H-pyrrole nitrogens is 1. The fraction of sp³-hybridized carbons (Fsp3) is 0.500. The molecule has 3 atom stereocenters. The molecule has 4 N–H and O–H groups in total. The minimum Gasteiger partial charge on any atom is -0.506 e. The summed E-state index contributed by atoms with van der Waals surface area (Å²) in [7, 11) is 6.38. The number of aromatic nitrogens is 1. The summed E-state index contributed by atoms with van der Waals surface area (Å²) in [5.74, 6) is -1.35. The zero-order valence-corrected chi connectivity index (χ0v) is 19.1. The highest BCUT2D eigenvalue weighted by Crippen LogP contribution is 2.44. The van der Waals surface area contributed by atoms with Crippen LogP contribution in [0.2, 0.25) is 0 Å². The van der Waals surface area contributed by atoms with Crippen molar-refractivity contribution in [3.63, 3.8) is 0 Å². The monoisotopic (exact) mass is 440 g/mol. The maximum atomic E-state index is 12.3. The molecular formula is C24H32N4O4. The van der Waals surface area contributed by atoms with Crippen LogP contribution < -0.4 is 15.8 Å². The maximum absolute atomic E-state index is 12.3. The molecule has 2 heterocycles. The quantitative estimate of drug-likeness (QED) is 0.545. The Morgan fingerprint density at radius 3 is 2.56 bits per heavy atom. The lowest BCUT2D eigenvalue weighted by molar-refractivity contribution is 0.0691. The molecule has 1 saturated carbocycles. The first-order chi connectivity index (χ1) is 15.2. The Morgan fingerprint density at radius 1 is 1.31 bits per heavy atom. The van der Waals surface area contributed by atoms with Crippen LogP contribution >= 0.6 is 0 Å². The smallest absolute Gasteiger partial charge is 0.345 e. The van der Waals surface area contributed by atoms with E-state index in [2.05, 4.69) is 41.2 Å². The number of carbonyl (C=O) groups is 1. The Morgan fingerprint density at radius 2 is 2.00 bits per heavy atom. The van der Waals surface area contributed by atoms with Crippen LogP contribution in [0.1, 0.15) is 35.7 Å². The topological polar surface area (TPSA) is 109 Å². The van der Waals surface area contributed by atoms with E-state index in [1.807, 2.05) is 31.2 Å². The molecule has 32 heavy (non-hydrogen) atoms. The van der Waals surface area contributed by atoms with E-state index < -0.39 is 22.8 Å². The lowest BCUT2D eigenvalue weighted by atomic mass is 9.89. The first-order valence-corrected chi connectivity index (χ1v) is 11.1. The van der Waals surface area contributed by atoms with Crippen molar-refractivity contribution in [1.82, 2.24) is 15.2 Å². The highest BCUT2D eigenvalue weighted by atomic mass is 16.4. The van der Waals surface area contributed by atoms with Gasteiger partial charge in [0.2, 0.25) is 0 Å². The number of nitrogens with one attached hydrogen (secondary N) is 2. The average molecular weight is 441 g/mol. The van der Waals surface area contributed by atoms with E-state index in [9.17, 15) is 19.8 Å². The molecule has 1 saturated heterocycles. The van der Waals surface area contributed by atoms with Crippen molar-refractivity contribution in [1.29, 1.82) is 0 Å². The molecule has 0 amide bonds. The van der Waals surface area contributed by atoms with E-state index in [4.69, 9.17) is 0 Å². The van der Waals surface area contributed by atoms with E-state index >= 15 is 0 Å². The van der Waals surface area contributed by atoms with E-state index in [1.54, 1.807) is 0 Å². The number of pyridine rings is 1. The third-order valence-corrected chi connectivity index (χ3v) is 7.49. The summed E-state index contributed by atoms with van der Waals surface area (Å²) >= 11 is 0. The van der Waals surface area contributed by atoms with Gasteiger partial charge in [0.1, 0.15) is 5.75 Å². The number of carboxylic acid groups (broad SMARTS) is 1. The van der Waals surface area contributed by atoms with Crippen LogP contribution in [0.25, 0.3) is 11.3 Å². The number of fused-ring (bicyclic) bond motifs is 1. The van der Waals surface area contributed by atoms with Crippen molar-refractivity contribution >= 4 is 11.7 Å². The number of carboxylic acids is 1. The van der Waals surface area contributed by atoms with Gasteiger partial charge in [0.15, 0.2) is 5.56 Å². The molecule has 8 heteroatoms. The van der Waals surface area contributed by atoms with Crippen molar-refractivity contribution in [2.24, 2.45) is 5.92 Å². The molecule has 2 fully saturated rings. The van der Waals surface area contributed by atoms with Gasteiger partial charge in [-0.2, -0.15) is 0 Å². The van der Waals surface area contributed by atoms with E-state index in [0.29, 0.717) is 29.6 Å². The van der Waals surface area contributed by atoms with Crippen LogP contribution in [0.5, 0.6) is 5.75 Å². The maximum Gasteiger partial charge on any atom is 0.345 e. The fourth-order valence-corrected chi connectivity index (χ4v) is 5.76. The van der Waals surface area contributed by atoms with Crippen molar-refractivity contribution < 1.29 is 15.0 Å². The number of benzene rings is 1. The average Bonchev–Trinajstić information content (AvgIpc) is 3.29. The second-order valence-electron chi connectivity index (χ2n) is 9.20. The van der Waals surface area contributed by atoms with Gasteiger partial charge in [0, 0.05) is 41.8 Å². The molecule has 2 aromatic rings. The van der Waals surface area contributed by atoms with Crippen molar-refractivity contribution in [2.45, 2.75) is 37.8 Å². The number of nitrogens with zero attached hydrogens (tertiary/aromatic N) is 2. The number of rotatable bonds is 6. The number of hydrogen-bond donors (Lipinski definition) is 4. The molecule has 4 rings (SSSR count). The number of aromatic hydroxyl groups is 1. The predicted molar refractivity (Wildman–Crippen MR) is 125 cm³/mol. The first-order valence-electron chi connectivity index (χ1n) is 11.1. The highest BCUT2D eigenvalue weighted by molar-refractivity contribution is 5.92. The molecule has 2 aliphatic rings. The number of anilines is 1. The Hall–Kier alpha value is -2.84. The van der Waals surface area contributed by atoms with Gasteiger partial charge in [-0.15, -0.1) is 0 Å². The fourth-order valence-electron chi connectivity index (χ4n) is 5.76. The first kappa shape index (κ1) is 22.4. The summed E-state index contributed by atoms with van der Waals surface area (Å²) < 4.78 is 0. The SMILES string of the molecule is CCc1c(-c2ccc(N3CC4C(N(C)C)CCC4(NC)C3)cc2)[nH]c(=O)c(C(=O)O)c1O. The molecule has 1 aliphatic heterocycles. The molecule has 1 aromatic heterocycles. The Balaban J connectivity index is 1.64. The second-order valence-corrected chi connectivity index (χ2v) is 9.20. The molecule has 0 bridgehead atoms. The van der Waals surface area contributed by atoms with Crippen molar-refractivity contribution in [3.05, 3.63) is 45.7 Å². The van der Waals surface area contributed by atoms with E-state index in [0.717, 1.165) is 30.8 Å². The summed E-state index contributed by atoms with van der Waals surface area (Å²) in [5.41, 5.74) is 1.44. The second kappa shape index (κ2) is 8.26. The van der Waals surface area contributed by atoms with Crippen LogP contribution in [-0.2, 0) is 6.42 Å². The van der Waals surface area contributed by atoms with Gasteiger partial charge in [-0.3, -0.25) is 4.79 Å². The lowest BCUT2D eigenvalue weighted by Gasteiger charge is -2.31. The van der Waals surface area contributed by atoms with Gasteiger partial charge in [-0.05, 0) is 58.1 Å². The number of likely N-dealkylation sites (N-methyl/N-ethyl adjacent to an activating group) is 1. The minimum absolute atomic E-state index is 0.118. The van der Waals surface area contributed by atoms with Crippen molar-refractivity contribution in [3.8, 4) is 17.0 Å². The number of aromatic amines is 1. The molecule has 1 aromatic carbocycles. The zero-order chi connectivity index (χ0) is 23.2. The third kappa shape index (κ3) is 3.47. The van der Waals surface area contributed by atoms with E-state index in [-0.39, 0.29) is 5.54 Å². The minimum atomic E-state index is -1.44. The van der Waals surface area contributed by atoms with Gasteiger partial charge in [0.05, 0.1) is 5.69 Å². The standard InChI is InChI=1S/C24H32N4O4/c1-5-16-20(26-22(30)19(21(16)29)23(31)32)14-6-8-15(9-7-14)28-12-17-18(27(3)4)10-11-24(17,13-28)25-2/h6-9,17-18,25H,5,10-13H2,1-4H3,(H,31,32)(H2,26,29,30). The molecule has 8 nitrogen and oxygen atoms in total. The van der Waals surface area contributed by atoms with Crippen LogP contribution in [0, 0.1) is 5.92 Å². The van der Waals surface area contributed by atoms with Gasteiger partial charge < -0.3 is 30.3 Å². The van der Waals surface area contributed by atoms with Gasteiger partial charge in [0.25, 0.3) is 5.56 Å². The Labute approximate surface area is 187 Å². The number of hydrogen-bond acceptors (Lipinski definition) is 6. The van der Waals surface area contributed by atoms with E-state index in [1.165, 1.54) is 6.42 Å². The molecule has 3 unspecified atom stereocenters. The summed E-state index contributed by atoms with van der Waals surface area (Å²) in [4.78, 5) is 31.0. The number of aromatic carboxylic acids is 1. The third-order valence-electron chi connectivity index (χ3n) is 7.49. The summed E-state index contributed by atoms with van der Waals surface area (Å²) in [5, 5.41) is 23.3. The Kier molecular flexibility index (Phi) is 5.77. The summed E-state index contributed by atoms with van der Waals surface area (Å²) in [6, 6.07) is 8.46. The lowest BCUT2D eigenvalue weighted by Crippen LogP contribution is -2.50. The van der Waals surface area contributed by atoms with Crippen LogP contribution in [0.15, 0.2) is 29.1 Å². The van der Waals surface area contributed by atoms with Gasteiger partial charge in [-0.25, -0.2) is 4.79 Å².